The fourth-order valence-electron chi connectivity index (χ4n) is 2.55. The molecule has 3 N–H and O–H groups in total. The Kier molecular flexibility index (Phi) is 3.64. The molecule has 3 rings (SSSR count). The van der Waals surface area contributed by atoms with Gasteiger partial charge in [-0.2, -0.15) is 13.2 Å². The van der Waals surface area contributed by atoms with Gasteiger partial charge in [-0.1, -0.05) is 6.07 Å². The van der Waals surface area contributed by atoms with E-state index < -0.39 is 23.6 Å². The van der Waals surface area contributed by atoms with Crippen molar-refractivity contribution in [3.05, 3.63) is 59.1 Å². The van der Waals surface area contributed by atoms with Gasteiger partial charge in [0.1, 0.15) is 17.0 Å². The summed E-state index contributed by atoms with van der Waals surface area (Å²) in [5, 5.41) is 19.0. The molecule has 0 fully saturated rings. The van der Waals surface area contributed by atoms with Crippen LogP contribution in [0.2, 0.25) is 0 Å². The molecule has 0 saturated carbocycles. The second-order valence-electron chi connectivity index (χ2n) is 5.29. The number of H-pyrrole nitrogens is 1. The molecule has 0 bridgehead atoms. The highest BCUT2D eigenvalue weighted by Crippen LogP contribution is 2.38. The minimum Gasteiger partial charge on any atom is -0.507 e. The highest BCUT2D eigenvalue weighted by Gasteiger charge is 2.33. The van der Waals surface area contributed by atoms with Gasteiger partial charge in [0.2, 0.25) is 0 Å². The number of aromatic hydroxyl groups is 1. The number of fused-ring (bicyclic) bond motifs is 1. The van der Waals surface area contributed by atoms with Crippen molar-refractivity contribution in [3.63, 3.8) is 0 Å². The summed E-state index contributed by atoms with van der Waals surface area (Å²) in [4.78, 5) is 16.5. The van der Waals surface area contributed by atoms with E-state index in [4.69, 9.17) is 11.7 Å². The second kappa shape index (κ2) is 5.56. The number of carboxylic acid groups (broad SMARTS) is 1. The van der Waals surface area contributed by atoms with E-state index in [0.29, 0.717) is 0 Å². The molecule has 0 aliphatic rings. The molecule has 0 aliphatic heterocycles. The largest absolute Gasteiger partial charge is 0.507 e. The Balaban J connectivity index is 2.28. The van der Waals surface area contributed by atoms with Gasteiger partial charge in [-0.25, -0.2) is 9.64 Å². The molecule has 126 valence electrons. The first-order valence-electron chi connectivity index (χ1n) is 6.89. The number of nitrogens with zero attached hydrogens (tertiary/aromatic N) is 1. The van der Waals surface area contributed by atoms with E-state index >= 15 is 0 Å². The Morgan fingerprint density at radius 3 is 2.44 bits per heavy atom. The van der Waals surface area contributed by atoms with E-state index in [1.165, 1.54) is 18.2 Å². The van der Waals surface area contributed by atoms with Crippen LogP contribution in [0.3, 0.4) is 0 Å². The fraction of sp³-hybridized carbons (Fsp3) is 0.0588. The lowest BCUT2D eigenvalue weighted by atomic mass is 10.00. The van der Waals surface area contributed by atoms with Crippen LogP contribution in [-0.2, 0) is 6.18 Å². The first kappa shape index (κ1) is 16.4. The van der Waals surface area contributed by atoms with Crippen LogP contribution in [0.25, 0.3) is 26.9 Å². The summed E-state index contributed by atoms with van der Waals surface area (Å²) >= 11 is 0. The molecule has 0 saturated heterocycles. The van der Waals surface area contributed by atoms with Crippen molar-refractivity contribution in [2.24, 2.45) is 0 Å². The maximum atomic E-state index is 13.0. The molecule has 0 unspecified atom stereocenters. The molecule has 5 nitrogen and oxygen atoms in total. The summed E-state index contributed by atoms with van der Waals surface area (Å²) in [6.45, 7) is 7.11. The number of rotatable bonds is 2. The van der Waals surface area contributed by atoms with Crippen LogP contribution in [0.5, 0.6) is 5.75 Å². The van der Waals surface area contributed by atoms with Gasteiger partial charge in [0, 0.05) is 0 Å². The van der Waals surface area contributed by atoms with Gasteiger partial charge in [-0.05, 0) is 46.8 Å². The minimum atomic E-state index is -4.58. The quantitative estimate of drug-likeness (QED) is 0.583. The third kappa shape index (κ3) is 2.87. The Hall–Kier alpha value is -3.47. The summed E-state index contributed by atoms with van der Waals surface area (Å²) in [6.07, 6.45) is -4.58. The van der Waals surface area contributed by atoms with E-state index in [-0.39, 0.29) is 33.3 Å². The summed E-state index contributed by atoms with van der Waals surface area (Å²) in [6, 6.07) is 7.25. The Labute approximate surface area is 138 Å². The van der Waals surface area contributed by atoms with Crippen LogP contribution in [0.15, 0.2) is 36.4 Å². The fourth-order valence-corrected chi connectivity index (χ4v) is 2.55. The van der Waals surface area contributed by atoms with Gasteiger partial charge in [0.05, 0.1) is 12.1 Å². The van der Waals surface area contributed by atoms with E-state index in [1.54, 1.807) is 0 Å². The van der Waals surface area contributed by atoms with E-state index in [9.17, 15) is 23.1 Å². The van der Waals surface area contributed by atoms with Crippen LogP contribution in [0.4, 0.5) is 18.9 Å². The number of aromatic carboxylic acids is 1. The smallest absolute Gasteiger partial charge is 0.431 e. The van der Waals surface area contributed by atoms with Gasteiger partial charge in [0.15, 0.2) is 5.69 Å². The van der Waals surface area contributed by atoms with Crippen molar-refractivity contribution in [1.82, 2.24) is 4.98 Å². The molecule has 0 atom stereocenters. The van der Waals surface area contributed by atoms with Crippen LogP contribution in [-0.4, -0.2) is 21.2 Å². The van der Waals surface area contributed by atoms with E-state index in [1.807, 2.05) is 0 Å². The Morgan fingerprint density at radius 2 is 1.88 bits per heavy atom. The summed E-state index contributed by atoms with van der Waals surface area (Å²) in [5.74, 6) is -1.85. The van der Waals surface area contributed by atoms with Crippen molar-refractivity contribution >= 4 is 22.6 Å². The minimum absolute atomic E-state index is 0.122. The molecule has 1 heterocycles. The number of halogens is 3. The molecular weight excluding hydrogens is 337 g/mol. The number of aromatic amines is 1. The molecule has 0 aliphatic carbocycles. The van der Waals surface area contributed by atoms with Crippen molar-refractivity contribution < 1.29 is 28.2 Å². The lowest BCUT2D eigenvalue weighted by molar-refractivity contribution is -0.140. The van der Waals surface area contributed by atoms with Crippen molar-refractivity contribution in [3.8, 4) is 16.9 Å². The SMILES string of the molecule is [C-]#[N+]c1cc(-c2ccc(C(=O)O)c(O)c2)c2[nH]c(C(F)(F)F)cc2c1. The first-order valence-corrected chi connectivity index (χ1v) is 6.89. The van der Waals surface area contributed by atoms with Gasteiger partial charge in [-0.15, -0.1) is 0 Å². The maximum absolute atomic E-state index is 13.0. The molecule has 0 radical (unpaired) electrons. The number of aromatic nitrogens is 1. The van der Waals surface area contributed by atoms with Gasteiger partial charge < -0.3 is 15.2 Å². The average molecular weight is 346 g/mol. The summed E-state index contributed by atoms with van der Waals surface area (Å²) < 4.78 is 38.9. The number of carboxylic acids is 1. The standard InChI is InChI=1S/C17H9F3N2O3/c1-21-10-4-9-6-14(17(18,19)20)22-15(9)12(7-10)8-2-3-11(16(24)25)13(23)5-8/h2-7,22-23H,(H,24,25). The molecule has 8 heteroatoms. The number of carbonyl (C=O) groups is 1. The molecule has 3 aromatic rings. The predicted octanol–water partition coefficient (Wildman–Crippen LogP) is 4.81. The molecule has 0 spiro atoms. The number of hydrogen-bond acceptors (Lipinski definition) is 2. The normalized spacial score (nSPS) is 11.4. The number of nitrogens with one attached hydrogen (secondary N) is 1. The predicted molar refractivity (Wildman–Crippen MR) is 83.6 cm³/mol. The maximum Gasteiger partial charge on any atom is 0.431 e. The van der Waals surface area contributed by atoms with Gasteiger partial charge in [-0.3, -0.25) is 0 Å². The zero-order chi connectivity index (χ0) is 18.4. The van der Waals surface area contributed by atoms with Crippen LogP contribution in [0, 0.1) is 6.57 Å². The average Bonchev–Trinajstić information content (AvgIpc) is 2.97. The lowest BCUT2D eigenvalue weighted by Crippen LogP contribution is -2.04. The van der Waals surface area contributed by atoms with Crippen molar-refractivity contribution in [2.75, 3.05) is 0 Å². The van der Waals surface area contributed by atoms with Gasteiger partial charge in [0.25, 0.3) is 0 Å². The summed E-state index contributed by atoms with van der Waals surface area (Å²) in [5.41, 5.74) is -0.486. The highest BCUT2D eigenvalue weighted by atomic mass is 19.4. The Bertz CT molecular complexity index is 1050. The van der Waals surface area contributed by atoms with Crippen molar-refractivity contribution in [1.29, 1.82) is 0 Å². The summed E-state index contributed by atoms with van der Waals surface area (Å²) in [7, 11) is 0. The second-order valence-corrected chi connectivity index (χ2v) is 5.29. The molecule has 2 aromatic carbocycles. The number of phenols is 1. The lowest BCUT2D eigenvalue weighted by Gasteiger charge is -2.08. The molecule has 25 heavy (non-hydrogen) atoms. The number of alkyl halides is 3. The molecule has 0 amide bonds. The third-order valence-electron chi connectivity index (χ3n) is 3.69. The zero-order valence-electron chi connectivity index (χ0n) is 12.3. The number of benzene rings is 2. The molecule has 1 aromatic heterocycles. The zero-order valence-corrected chi connectivity index (χ0v) is 12.3. The highest BCUT2D eigenvalue weighted by molar-refractivity contribution is 5.99. The first-order chi connectivity index (χ1) is 11.7. The van der Waals surface area contributed by atoms with Crippen molar-refractivity contribution in [2.45, 2.75) is 6.18 Å². The van der Waals surface area contributed by atoms with Crippen LogP contribution >= 0.6 is 0 Å². The number of hydrogen-bond donors (Lipinski definition) is 3. The van der Waals surface area contributed by atoms with E-state index in [2.05, 4.69) is 9.83 Å². The van der Waals surface area contributed by atoms with Crippen LogP contribution in [0.1, 0.15) is 16.1 Å². The van der Waals surface area contributed by atoms with Crippen LogP contribution < -0.4 is 0 Å². The monoisotopic (exact) mass is 346 g/mol. The Morgan fingerprint density at radius 1 is 1.16 bits per heavy atom. The van der Waals surface area contributed by atoms with E-state index in [0.717, 1.165) is 18.2 Å². The topological polar surface area (TPSA) is 77.7 Å². The molecular formula is C17H9F3N2O3. The van der Waals surface area contributed by atoms with Gasteiger partial charge >= 0.3 is 12.1 Å². The third-order valence-corrected chi connectivity index (χ3v) is 3.69.